The molecule has 16 heavy (non-hydrogen) atoms. The lowest BCUT2D eigenvalue weighted by atomic mass is 9.52. The molecule has 2 aliphatic carbocycles. The van der Waals surface area contributed by atoms with Crippen molar-refractivity contribution in [3.05, 3.63) is 0 Å². The van der Waals surface area contributed by atoms with Crippen LogP contribution < -0.4 is 0 Å². The second-order valence-corrected chi connectivity index (χ2v) is 5.13. The fourth-order valence-corrected chi connectivity index (χ4v) is 3.47. The highest BCUT2D eigenvalue weighted by molar-refractivity contribution is 6.01. The molecule has 0 saturated heterocycles. The van der Waals surface area contributed by atoms with E-state index in [0.717, 1.165) is 12.8 Å². The van der Waals surface area contributed by atoms with E-state index in [2.05, 4.69) is 0 Å². The predicted octanol–water partition coefficient (Wildman–Crippen LogP) is 1.67. The lowest BCUT2D eigenvalue weighted by Crippen LogP contribution is -2.55. The molecular weight excluding hydrogens is 208 g/mol. The molecule has 0 bridgehead atoms. The number of rotatable bonds is 2. The van der Waals surface area contributed by atoms with Gasteiger partial charge in [-0.2, -0.15) is 0 Å². The second kappa shape index (κ2) is 3.75. The van der Waals surface area contributed by atoms with Crippen molar-refractivity contribution >= 4 is 11.9 Å². The molecule has 4 heteroatoms. The summed E-state index contributed by atoms with van der Waals surface area (Å²) in [5.74, 6) is -0.867. The molecule has 2 aliphatic rings. The van der Waals surface area contributed by atoms with Gasteiger partial charge in [-0.3, -0.25) is 9.59 Å². The summed E-state index contributed by atoms with van der Waals surface area (Å²) in [4.78, 5) is 23.5. The maximum absolute atomic E-state index is 11.7. The average molecular weight is 226 g/mol. The van der Waals surface area contributed by atoms with Crippen LogP contribution >= 0.6 is 0 Å². The molecule has 0 aromatic heterocycles. The quantitative estimate of drug-likeness (QED) is 0.531. The van der Waals surface area contributed by atoms with Crippen molar-refractivity contribution in [3.63, 3.8) is 0 Å². The number of hydrogen-bond acceptors (Lipinski definition) is 4. The molecule has 0 amide bonds. The fraction of sp³-hybridized carbons (Fsp3) is 0.833. The Morgan fingerprint density at radius 3 is 1.75 bits per heavy atom. The van der Waals surface area contributed by atoms with Crippen molar-refractivity contribution in [2.75, 3.05) is 14.2 Å². The molecule has 1 spiro atoms. The smallest absolute Gasteiger partial charge is 0.323 e. The molecule has 0 radical (unpaired) electrons. The Balaban J connectivity index is 2.15. The maximum atomic E-state index is 11.7. The molecule has 0 heterocycles. The summed E-state index contributed by atoms with van der Waals surface area (Å²) in [6.07, 6.45) is 5.89. The van der Waals surface area contributed by atoms with E-state index < -0.39 is 17.4 Å². The molecule has 2 rings (SSSR count). The molecule has 4 nitrogen and oxygen atoms in total. The summed E-state index contributed by atoms with van der Waals surface area (Å²) in [5.41, 5.74) is -0.795. The minimum atomic E-state index is -1.01. The van der Waals surface area contributed by atoms with Crippen LogP contribution in [-0.4, -0.2) is 26.2 Å². The van der Waals surface area contributed by atoms with Crippen LogP contribution in [0.25, 0.3) is 0 Å². The van der Waals surface area contributed by atoms with Gasteiger partial charge in [0.2, 0.25) is 0 Å². The zero-order valence-electron chi connectivity index (χ0n) is 9.88. The SMILES string of the molecule is COC(=O)C1(C(=O)OC)CC2(CCCC2)C1. The van der Waals surface area contributed by atoms with E-state index >= 15 is 0 Å². The Kier molecular flexibility index (Phi) is 2.68. The fourth-order valence-electron chi connectivity index (χ4n) is 3.47. The van der Waals surface area contributed by atoms with Crippen molar-refractivity contribution < 1.29 is 19.1 Å². The van der Waals surface area contributed by atoms with E-state index in [1.165, 1.54) is 27.1 Å². The first-order valence-corrected chi connectivity index (χ1v) is 5.75. The highest BCUT2D eigenvalue weighted by Gasteiger charge is 2.65. The van der Waals surface area contributed by atoms with Gasteiger partial charge >= 0.3 is 11.9 Å². The van der Waals surface area contributed by atoms with E-state index in [1.54, 1.807) is 0 Å². The summed E-state index contributed by atoms with van der Waals surface area (Å²) < 4.78 is 9.49. The third-order valence-corrected chi connectivity index (χ3v) is 4.17. The van der Waals surface area contributed by atoms with Crippen LogP contribution in [0.15, 0.2) is 0 Å². The summed E-state index contributed by atoms with van der Waals surface area (Å²) in [5, 5.41) is 0. The van der Waals surface area contributed by atoms with Crippen LogP contribution in [0.2, 0.25) is 0 Å². The Morgan fingerprint density at radius 1 is 0.938 bits per heavy atom. The molecule has 0 aromatic rings. The maximum Gasteiger partial charge on any atom is 0.323 e. The number of methoxy groups -OCH3 is 2. The van der Waals surface area contributed by atoms with Gasteiger partial charge in [0, 0.05) is 0 Å². The Labute approximate surface area is 95.3 Å². The molecular formula is C12H18O4. The number of carbonyl (C=O) groups is 2. The van der Waals surface area contributed by atoms with Crippen LogP contribution in [0.5, 0.6) is 0 Å². The zero-order chi connectivity index (χ0) is 11.8. The first kappa shape index (κ1) is 11.4. The largest absolute Gasteiger partial charge is 0.468 e. The Bertz CT molecular complexity index is 289. The van der Waals surface area contributed by atoms with Gasteiger partial charge in [-0.15, -0.1) is 0 Å². The van der Waals surface area contributed by atoms with Crippen molar-refractivity contribution in [3.8, 4) is 0 Å². The van der Waals surface area contributed by atoms with E-state index in [-0.39, 0.29) is 5.41 Å². The third-order valence-electron chi connectivity index (χ3n) is 4.17. The normalized spacial score (nSPS) is 24.9. The van der Waals surface area contributed by atoms with Gasteiger partial charge in [0.15, 0.2) is 5.41 Å². The van der Waals surface area contributed by atoms with Crippen LogP contribution in [0.4, 0.5) is 0 Å². The lowest BCUT2D eigenvalue weighted by Gasteiger charge is -2.50. The van der Waals surface area contributed by atoms with Gasteiger partial charge in [0.05, 0.1) is 14.2 Å². The first-order chi connectivity index (χ1) is 7.58. The Morgan fingerprint density at radius 2 is 1.38 bits per heavy atom. The van der Waals surface area contributed by atoms with Crippen LogP contribution in [0, 0.1) is 10.8 Å². The van der Waals surface area contributed by atoms with E-state index in [1.807, 2.05) is 0 Å². The minimum Gasteiger partial charge on any atom is -0.468 e. The van der Waals surface area contributed by atoms with Gasteiger partial charge in [0.25, 0.3) is 0 Å². The average Bonchev–Trinajstić information content (AvgIpc) is 2.73. The second-order valence-electron chi connectivity index (χ2n) is 5.13. The molecule has 90 valence electrons. The minimum absolute atomic E-state index is 0.211. The summed E-state index contributed by atoms with van der Waals surface area (Å²) in [6.45, 7) is 0. The highest BCUT2D eigenvalue weighted by Crippen LogP contribution is 2.63. The molecule has 0 atom stereocenters. The van der Waals surface area contributed by atoms with Crippen molar-refractivity contribution in [1.29, 1.82) is 0 Å². The van der Waals surface area contributed by atoms with E-state index in [0.29, 0.717) is 12.8 Å². The molecule has 0 N–H and O–H groups in total. The number of ether oxygens (including phenoxy) is 2. The molecule has 2 fully saturated rings. The molecule has 0 aromatic carbocycles. The molecule has 0 unspecified atom stereocenters. The van der Waals surface area contributed by atoms with Gasteiger partial charge in [-0.05, 0) is 31.1 Å². The van der Waals surface area contributed by atoms with Gasteiger partial charge in [0.1, 0.15) is 0 Å². The first-order valence-electron chi connectivity index (χ1n) is 5.75. The topological polar surface area (TPSA) is 52.6 Å². The van der Waals surface area contributed by atoms with Crippen molar-refractivity contribution in [2.45, 2.75) is 38.5 Å². The predicted molar refractivity (Wildman–Crippen MR) is 56.6 cm³/mol. The van der Waals surface area contributed by atoms with E-state index in [4.69, 9.17) is 9.47 Å². The third kappa shape index (κ3) is 1.43. The monoisotopic (exact) mass is 226 g/mol. The van der Waals surface area contributed by atoms with Crippen LogP contribution in [0.3, 0.4) is 0 Å². The summed E-state index contributed by atoms with van der Waals surface area (Å²) >= 11 is 0. The van der Waals surface area contributed by atoms with Crippen molar-refractivity contribution in [1.82, 2.24) is 0 Å². The number of esters is 2. The van der Waals surface area contributed by atoms with Crippen LogP contribution in [-0.2, 0) is 19.1 Å². The lowest BCUT2D eigenvalue weighted by molar-refractivity contribution is -0.188. The standard InChI is InChI=1S/C12H18O4/c1-15-9(13)12(10(14)16-2)7-11(8-12)5-3-4-6-11/h3-8H2,1-2H3. The van der Waals surface area contributed by atoms with Gasteiger partial charge in [-0.25, -0.2) is 0 Å². The van der Waals surface area contributed by atoms with Gasteiger partial charge in [-0.1, -0.05) is 12.8 Å². The van der Waals surface area contributed by atoms with E-state index in [9.17, 15) is 9.59 Å². The number of hydrogen-bond donors (Lipinski definition) is 0. The molecule has 2 saturated carbocycles. The molecule has 0 aliphatic heterocycles. The van der Waals surface area contributed by atoms with Crippen molar-refractivity contribution in [2.24, 2.45) is 10.8 Å². The summed E-state index contributed by atoms with van der Waals surface area (Å²) in [6, 6.07) is 0. The van der Waals surface area contributed by atoms with Gasteiger partial charge < -0.3 is 9.47 Å². The zero-order valence-corrected chi connectivity index (χ0v) is 9.88. The summed E-state index contributed by atoms with van der Waals surface area (Å²) in [7, 11) is 2.65. The number of carbonyl (C=O) groups excluding carboxylic acids is 2. The van der Waals surface area contributed by atoms with Crippen LogP contribution in [0.1, 0.15) is 38.5 Å². The Hall–Kier alpha value is -1.06. The highest BCUT2D eigenvalue weighted by atomic mass is 16.5.